The van der Waals surface area contributed by atoms with Gasteiger partial charge in [0.1, 0.15) is 0 Å². The lowest BCUT2D eigenvalue weighted by Gasteiger charge is -2.32. The van der Waals surface area contributed by atoms with Crippen LogP contribution in [0.4, 0.5) is 11.4 Å². The van der Waals surface area contributed by atoms with E-state index in [0.29, 0.717) is 84.4 Å². The molecular weight excluding hydrogens is 919 g/mol. The van der Waals surface area contributed by atoms with Crippen molar-refractivity contribution in [2.24, 2.45) is 5.92 Å². The SMILES string of the molecule is CC(C)N1c2ccccc2N(C)C1C.CC1=C(C(C)C)N(C)C(C)N1C.CC1=C(C)N(C(C)C)C(C)N1C.CC1=C(C)N(C(C)C)C(C)N1C.CC1=C(C)N(C(C)C)C(C)S1.CC1C(C)N(C(C)C)C(C)N1C. The van der Waals surface area contributed by atoms with E-state index in [0.717, 1.165) is 0 Å². The maximum atomic E-state index is 2.57. The summed E-state index contributed by atoms with van der Waals surface area (Å²) in [6.45, 7) is 60.6. The number of likely N-dealkylation sites (N-methyl/N-ethyl adjacent to an activating group) is 1. The third kappa shape index (κ3) is 14.8. The van der Waals surface area contributed by atoms with E-state index in [1.807, 2.05) is 11.8 Å². The van der Waals surface area contributed by atoms with E-state index < -0.39 is 0 Å². The molecule has 0 N–H and O–H groups in total. The molecule has 1 fully saturated rings. The highest BCUT2D eigenvalue weighted by atomic mass is 32.2. The molecule has 6 aliphatic rings. The van der Waals surface area contributed by atoms with Gasteiger partial charge in [0.05, 0.1) is 47.6 Å². The van der Waals surface area contributed by atoms with Crippen LogP contribution >= 0.6 is 11.8 Å². The average molecular weight is 1040 g/mol. The molecule has 11 nitrogen and oxygen atoms in total. The summed E-state index contributed by atoms with van der Waals surface area (Å²) in [4.78, 5) is 28.0. The van der Waals surface area contributed by atoms with Crippen LogP contribution in [0.25, 0.3) is 0 Å². The van der Waals surface area contributed by atoms with Crippen LogP contribution in [-0.4, -0.2) is 165 Å². The first-order valence-electron chi connectivity index (χ1n) is 28.3. The molecule has 8 atom stereocenters. The molecule has 73 heavy (non-hydrogen) atoms. The molecule has 0 amide bonds. The number of thioether (sulfide) groups is 1. The Hall–Kier alpha value is -3.35. The highest BCUT2D eigenvalue weighted by Gasteiger charge is 2.39. The Balaban J connectivity index is 0.000000301. The summed E-state index contributed by atoms with van der Waals surface area (Å²) < 4.78 is 0. The topological polar surface area (TPSA) is 35.6 Å². The van der Waals surface area contributed by atoms with Crippen molar-refractivity contribution in [1.29, 1.82) is 0 Å². The molecule has 8 unspecified atom stereocenters. The van der Waals surface area contributed by atoms with Crippen LogP contribution in [0.3, 0.4) is 0 Å². The number of fused-ring (bicyclic) bond motifs is 1. The standard InChI is InChI=1S/C12H18N2.C10H20N2.C10H22N2.2C10H20N2.C9H17NS/c1-9(2)14-10(3)13(4)11-7-5-6-8-12(11)14;1-7(2)10-8(3)11(5)9(4)12(10)6;3*1-7(2)12-9(4)8(3)11(6)10(12)5;1-6(2)10-7(3)8(4)11-9(10)5/h5-10H,1-4H3;7,9H,1-6H3;7-10H,1-6H3;2*7,10H,1-6H3;6,9H,1-5H3. The number of benzene rings is 1. The lowest BCUT2D eigenvalue weighted by Crippen LogP contribution is -2.42. The third-order valence-electron chi connectivity index (χ3n) is 17.5. The van der Waals surface area contributed by atoms with Crippen LogP contribution in [-0.2, 0) is 0 Å². The van der Waals surface area contributed by atoms with Gasteiger partial charge in [0, 0.05) is 122 Å². The molecule has 12 heteroatoms. The summed E-state index contributed by atoms with van der Waals surface area (Å²) in [5, 5.41) is 0.634. The van der Waals surface area contributed by atoms with Crippen molar-refractivity contribution in [3.8, 4) is 0 Å². The molecule has 0 radical (unpaired) electrons. The summed E-state index contributed by atoms with van der Waals surface area (Å²) in [7, 11) is 13.0. The molecule has 422 valence electrons. The van der Waals surface area contributed by atoms with Crippen molar-refractivity contribution in [3.63, 3.8) is 0 Å². The molecule has 7 rings (SSSR count). The zero-order valence-corrected chi connectivity index (χ0v) is 54.5. The predicted octanol–water partition coefficient (Wildman–Crippen LogP) is 14.1. The maximum Gasteiger partial charge on any atom is 0.0987 e. The van der Waals surface area contributed by atoms with Crippen LogP contribution in [0.5, 0.6) is 0 Å². The second-order valence-electron chi connectivity index (χ2n) is 23.7. The third-order valence-corrected chi connectivity index (χ3v) is 18.8. The number of hydrogen-bond donors (Lipinski definition) is 0. The fraction of sp³-hybridized carbons (Fsp3) is 0.770. The molecule has 0 aliphatic carbocycles. The Bertz CT molecular complexity index is 1960. The van der Waals surface area contributed by atoms with Gasteiger partial charge in [-0.25, -0.2) is 0 Å². The molecule has 6 heterocycles. The zero-order chi connectivity index (χ0) is 56.7. The fourth-order valence-electron chi connectivity index (χ4n) is 12.3. The monoisotopic (exact) mass is 1040 g/mol. The highest BCUT2D eigenvalue weighted by Crippen LogP contribution is 2.40. The normalized spacial score (nSPS) is 26.5. The summed E-state index contributed by atoms with van der Waals surface area (Å²) in [5.41, 5.74) is 12.7. The number of para-hydroxylation sites is 2. The van der Waals surface area contributed by atoms with E-state index in [4.69, 9.17) is 0 Å². The highest BCUT2D eigenvalue weighted by molar-refractivity contribution is 8.03. The minimum Gasteiger partial charge on any atom is -0.360 e. The van der Waals surface area contributed by atoms with Gasteiger partial charge in [-0.15, -0.1) is 11.8 Å². The van der Waals surface area contributed by atoms with Gasteiger partial charge >= 0.3 is 0 Å². The van der Waals surface area contributed by atoms with Crippen LogP contribution in [0.2, 0.25) is 0 Å². The van der Waals surface area contributed by atoms with E-state index in [2.05, 4.69) is 307 Å². The summed E-state index contributed by atoms with van der Waals surface area (Å²) in [6.07, 6.45) is 2.61. The first-order chi connectivity index (χ1) is 33.5. The molecule has 1 aromatic carbocycles. The molecule has 0 spiro atoms. The average Bonchev–Trinajstić information content (AvgIpc) is 3.98. The Labute approximate surface area is 457 Å². The van der Waals surface area contributed by atoms with Gasteiger partial charge < -0.3 is 44.1 Å². The first-order valence-corrected chi connectivity index (χ1v) is 29.2. The predicted molar refractivity (Wildman–Crippen MR) is 325 cm³/mol. The number of nitrogens with zero attached hydrogens (tertiary/aromatic N) is 11. The van der Waals surface area contributed by atoms with Crippen LogP contribution in [0.1, 0.15) is 187 Å². The maximum absolute atomic E-state index is 2.57. The molecule has 0 bridgehead atoms. The number of anilines is 2. The molecular formula is C61H117N11S. The lowest BCUT2D eigenvalue weighted by molar-refractivity contribution is 0.121. The van der Waals surface area contributed by atoms with Gasteiger partial charge in [-0.1, -0.05) is 26.0 Å². The van der Waals surface area contributed by atoms with Crippen molar-refractivity contribution < 1.29 is 0 Å². The van der Waals surface area contributed by atoms with Crippen molar-refractivity contribution in [3.05, 3.63) is 69.0 Å². The van der Waals surface area contributed by atoms with E-state index in [-0.39, 0.29) is 0 Å². The second kappa shape index (κ2) is 27.6. The smallest absolute Gasteiger partial charge is 0.0987 e. The summed E-state index contributed by atoms with van der Waals surface area (Å²) in [5.74, 6) is 0.627. The van der Waals surface area contributed by atoms with E-state index in [1.54, 1.807) is 0 Å². The molecule has 1 saturated heterocycles. The van der Waals surface area contributed by atoms with Gasteiger partial charge in [-0.3, -0.25) is 9.80 Å². The van der Waals surface area contributed by atoms with Crippen molar-refractivity contribution in [1.82, 2.24) is 44.1 Å². The largest absolute Gasteiger partial charge is 0.360 e. The summed E-state index contributed by atoms with van der Waals surface area (Å²) >= 11 is 1.97. The number of rotatable bonds is 6. The lowest BCUT2D eigenvalue weighted by atomic mass is 10.1. The zero-order valence-electron chi connectivity index (χ0n) is 53.7. The van der Waals surface area contributed by atoms with Gasteiger partial charge in [-0.05, 0) is 198 Å². The van der Waals surface area contributed by atoms with Crippen LogP contribution < -0.4 is 9.80 Å². The van der Waals surface area contributed by atoms with E-state index in [1.165, 1.54) is 56.2 Å². The Morgan fingerprint density at radius 1 is 0.370 bits per heavy atom. The first kappa shape index (κ1) is 65.8. The van der Waals surface area contributed by atoms with E-state index >= 15 is 0 Å². The van der Waals surface area contributed by atoms with Crippen molar-refractivity contribution in [2.75, 3.05) is 52.1 Å². The van der Waals surface area contributed by atoms with Gasteiger partial charge in [0.25, 0.3) is 0 Å². The molecule has 1 aromatic rings. The second-order valence-corrected chi connectivity index (χ2v) is 25.3. The summed E-state index contributed by atoms with van der Waals surface area (Å²) in [6, 6.07) is 13.0. The van der Waals surface area contributed by atoms with Crippen molar-refractivity contribution >= 4 is 23.1 Å². The van der Waals surface area contributed by atoms with Crippen LogP contribution in [0.15, 0.2) is 69.0 Å². The Morgan fingerprint density at radius 2 is 0.753 bits per heavy atom. The fourth-order valence-corrected chi connectivity index (χ4v) is 13.6. The van der Waals surface area contributed by atoms with Crippen LogP contribution in [0, 0.1) is 5.92 Å². The number of hydrogen-bond acceptors (Lipinski definition) is 12. The number of allylic oxidation sites excluding steroid dienone is 8. The van der Waals surface area contributed by atoms with Gasteiger partial charge in [0.15, 0.2) is 0 Å². The molecule has 6 aliphatic heterocycles. The molecule has 0 saturated carbocycles. The van der Waals surface area contributed by atoms with E-state index in [9.17, 15) is 0 Å². The van der Waals surface area contributed by atoms with Gasteiger partial charge in [-0.2, -0.15) is 0 Å². The Kier molecular flexibility index (Phi) is 24.9. The Morgan fingerprint density at radius 3 is 0.973 bits per heavy atom. The van der Waals surface area contributed by atoms with Gasteiger partial charge in [0.2, 0.25) is 0 Å². The quantitative estimate of drug-likeness (QED) is 0.272. The van der Waals surface area contributed by atoms with Crippen molar-refractivity contribution in [2.45, 2.75) is 265 Å². The minimum atomic E-state index is 0.465. The molecule has 0 aromatic heterocycles. The minimum absolute atomic E-state index is 0.465.